The number of methoxy groups -OCH3 is 2. The number of likely N-dealkylation sites (tertiary alicyclic amines) is 1. The average molecular weight is 454 g/mol. The maximum atomic E-state index is 13.0. The Morgan fingerprint density at radius 2 is 1.82 bits per heavy atom. The van der Waals surface area contributed by atoms with Crippen molar-refractivity contribution in [2.45, 2.75) is 13.0 Å². The van der Waals surface area contributed by atoms with E-state index >= 15 is 0 Å². The van der Waals surface area contributed by atoms with Gasteiger partial charge in [-0.3, -0.25) is 14.4 Å². The van der Waals surface area contributed by atoms with Crippen LogP contribution < -0.4 is 15.2 Å². The number of benzene rings is 2. The van der Waals surface area contributed by atoms with E-state index in [9.17, 15) is 19.5 Å². The molecule has 1 atom stereocenters. The van der Waals surface area contributed by atoms with E-state index < -0.39 is 23.6 Å². The van der Waals surface area contributed by atoms with E-state index in [0.717, 1.165) is 5.56 Å². The number of carbonyl (C=O) groups is 3. The number of hydrogen-bond acceptors (Lipinski definition) is 7. The van der Waals surface area contributed by atoms with Crippen molar-refractivity contribution in [3.8, 4) is 11.5 Å². The third kappa shape index (κ3) is 4.98. The molecule has 0 aromatic heterocycles. The number of primary amides is 1. The molecule has 2 aromatic rings. The van der Waals surface area contributed by atoms with E-state index in [0.29, 0.717) is 22.6 Å². The first-order chi connectivity index (χ1) is 15.8. The highest BCUT2D eigenvalue weighted by atomic mass is 16.5. The zero-order valence-electron chi connectivity index (χ0n) is 18.7. The van der Waals surface area contributed by atoms with E-state index in [4.69, 9.17) is 19.9 Å². The molecule has 1 aliphatic rings. The third-order valence-electron chi connectivity index (χ3n) is 5.32. The van der Waals surface area contributed by atoms with Gasteiger partial charge in [0.1, 0.15) is 17.3 Å². The van der Waals surface area contributed by atoms with E-state index in [2.05, 4.69) is 0 Å². The lowest BCUT2D eigenvalue weighted by atomic mass is 9.94. The molecule has 174 valence electrons. The molecule has 9 heteroatoms. The van der Waals surface area contributed by atoms with Crippen LogP contribution in [0.2, 0.25) is 0 Å². The Labute approximate surface area is 191 Å². The molecule has 0 spiro atoms. The number of amides is 2. The second kappa shape index (κ2) is 10.2. The predicted octanol–water partition coefficient (Wildman–Crippen LogP) is 1.94. The molecular weight excluding hydrogens is 428 g/mol. The summed E-state index contributed by atoms with van der Waals surface area (Å²) in [5.41, 5.74) is 6.83. The van der Waals surface area contributed by atoms with Gasteiger partial charge in [0.05, 0.1) is 25.3 Å². The molecule has 0 aliphatic carbocycles. The number of nitrogens with two attached hydrogens (primary N) is 1. The Balaban J connectivity index is 2.07. The van der Waals surface area contributed by atoms with Crippen LogP contribution in [0.3, 0.4) is 0 Å². The number of rotatable bonds is 9. The summed E-state index contributed by atoms with van der Waals surface area (Å²) in [6.45, 7) is 1.91. The van der Waals surface area contributed by atoms with Gasteiger partial charge in [-0.2, -0.15) is 0 Å². The van der Waals surface area contributed by atoms with E-state index in [-0.39, 0.29) is 31.1 Å². The van der Waals surface area contributed by atoms with Crippen LogP contribution in [0.1, 0.15) is 22.7 Å². The van der Waals surface area contributed by atoms with E-state index in [1.54, 1.807) is 49.6 Å². The lowest BCUT2D eigenvalue weighted by Crippen LogP contribution is -2.32. The summed E-state index contributed by atoms with van der Waals surface area (Å²) in [7, 11) is 3.04. The summed E-state index contributed by atoms with van der Waals surface area (Å²) in [6.07, 6.45) is 0. The SMILES string of the molecule is COCCN1C(=O)C(=O)/C(=C(/O)c2ccc(OC)c(C)c2)C1c1ccc(OCC(N)=O)cc1. The second-order valence-electron chi connectivity index (χ2n) is 7.49. The second-order valence-corrected chi connectivity index (χ2v) is 7.49. The molecule has 0 saturated carbocycles. The molecule has 0 bridgehead atoms. The molecule has 2 amide bonds. The fourth-order valence-corrected chi connectivity index (χ4v) is 3.73. The average Bonchev–Trinajstić information content (AvgIpc) is 3.06. The van der Waals surface area contributed by atoms with Crippen LogP contribution in [0.5, 0.6) is 11.5 Å². The first kappa shape index (κ1) is 23.8. The molecule has 9 nitrogen and oxygen atoms in total. The largest absolute Gasteiger partial charge is 0.507 e. The summed E-state index contributed by atoms with van der Waals surface area (Å²) < 4.78 is 15.6. The highest BCUT2D eigenvalue weighted by Crippen LogP contribution is 2.40. The maximum Gasteiger partial charge on any atom is 0.295 e. The van der Waals surface area contributed by atoms with Crippen molar-refractivity contribution in [3.63, 3.8) is 0 Å². The smallest absolute Gasteiger partial charge is 0.295 e. The number of ether oxygens (including phenoxy) is 3. The Bertz CT molecular complexity index is 1090. The zero-order chi connectivity index (χ0) is 24.1. The number of aryl methyl sites for hydroxylation is 1. The van der Waals surface area contributed by atoms with Gasteiger partial charge in [-0.25, -0.2) is 0 Å². The minimum Gasteiger partial charge on any atom is -0.507 e. The van der Waals surface area contributed by atoms with Gasteiger partial charge >= 0.3 is 0 Å². The van der Waals surface area contributed by atoms with Gasteiger partial charge in [0.25, 0.3) is 17.6 Å². The van der Waals surface area contributed by atoms with Crippen molar-refractivity contribution < 1.29 is 33.7 Å². The summed E-state index contributed by atoms with van der Waals surface area (Å²) >= 11 is 0. The van der Waals surface area contributed by atoms with Gasteiger partial charge in [0, 0.05) is 19.2 Å². The van der Waals surface area contributed by atoms with Crippen LogP contribution in [0.15, 0.2) is 48.0 Å². The van der Waals surface area contributed by atoms with E-state index in [1.165, 1.54) is 12.0 Å². The quantitative estimate of drug-likeness (QED) is 0.337. The topological polar surface area (TPSA) is 128 Å². The number of nitrogens with zero attached hydrogens (tertiary/aromatic N) is 1. The number of Topliss-reactive ketones (excluding diaryl/α,β-unsaturated/α-hetero) is 1. The van der Waals surface area contributed by atoms with Crippen LogP contribution in [-0.2, 0) is 19.1 Å². The first-order valence-corrected chi connectivity index (χ1v) is 10.2. The monoisotopic (exact) mass is 454 g/mol. The lowest BCUT2D eigenvalue weighted by molar-refractivity contribution is -0.140. The summed E-state index contributed by atoms with van der Waals surface area (Å²) in [4.78, 5) is 38.1. The fourth-order valence-electron chi connectivity index (χ4n) is 3.73. The van der Waals surface area contributed by atoms with Crippen molar-refractivity contribution in [2.75, 3.05) is 34.0 Å². The van der Waals surface area contributed by atoms with Crippen molar-refractivity contribution in [3.05, 3.63) is 64.7 Å². The highest BCUT2D eigenvalue weighted by Gasteiger charge is 2.45. The van der Waals surface area contributed by atoms with Crippen LogP contribution in [-0.4, -0.2) is 61.6 Å². The highest BCUT2D eigenvalue weighted by molar-refractivity contribution is 6.46. The predicted molar refractivity (Wildman–Crippen MR) is 120 cm³/mol. The normalized spacial score (nSPS) is 17.3. The molecular formula is C24H26N2O7. The molecule has 2 aromatic carbocycles. The molecule has 3 N–H and O–H groups in total. The number of ketones is 1. The zero-order valence-corrected chi connectivity index (χ0v) is 18.7. The van der Waals surface area contributed by atoms with Gasteiger partial charge in [0.15, 0.2) is 6.61 Å². The van der Waals surface area contributed by atoms with Crippen LogP contribution in [0.25, 0.3) is 5.76 Å². The molecule has 1 unspecified atom stereocenters. The van der Waals surface area contributed by atoms with Crippen LogP contribution in [0, 0.1) is 6.92 Å². The number of carbonyl (C=O) groups excluding carboxylic acids is 3. The van der Waals surface area contributed by atoms with Crippen LogP contribution in [0.4, 0.5) is 0 Å². The van der Waals surface area contributed by atoms with Gasteiger partial charge in [-0.05, 0) is 48.4 Å². The Morgan fingerprint density at radius 1 is 1.12 bits per heavy atom. The minimum absolute atomic E-state index is 0.0218. The van der Waals surface area contributed by atoms with Crippen LogP contribution >= 0.6 is 0 Å². The van der Waals surface area contributed by atoms with E-state index in [1.807, 2.05) is 6.92 Å². The van der Waals surface area contributed by atoms with Gasteiger partial charge in [0.2, 0.25) is 0 Å². The van der Waals surface area contributed by atoms with Gasteiger partial charge < -0.3 is 30.0 Å². The summed E-state index contributed by atoms with van der Waals surface area (Å²) in [6, 6.07) is 10.7. The summed E-state index contributed by atoms with van der Waals surface area (Å²) in [5.74, 6) is -1.36. The fraction of sp³-hybridized carbons (Fsp3) is 0.292. The summed E-state index contributed by atoms with van der Waals surface area (Å²) in [5, 5.41) is 11.1. The Kier molecular flexibility index (Phi) is 7.34. The number of hydrogen-bond donors (Lipinski definition) is 2. The van der Waals surface area contributed by atoms with Crippen molar-refractivity contribution in [2.24, 2.45) is 5.73 Å². The minimum atomic E-state index is -0.826. The van der Waals surface area contributed by atoms with Crippen molar-refractivity contribution in [1.29, 1.82) is 0 Å². The number of aliphatic hydroxyl groups excluding tert-OH is 1. The van der Waals surface area contributed by atoms with Crippen molar-refractivity contribution >= 4 is 23.4 Å². The lowest BCUT2D eigenvalue weighted by Gasteiger charge is -2.25. The molecule has 1 heterocycles. The third-order valence-corrected chi connectivity index (χ3v) is 5.32. The first-order valence-electron chi connectivity index (χ1n) is 10.2. The standard InChI is InChI=1S/C24H26N2O7/c1-14-12-16(6-9-18(14)32-3)22(28)20-21(26(10-11-31-2)24(30)23(20)29)15-4-7-17(8-5-15)33-13-19(25)27/h4-9,12,21,28H,10-11,13H2,1-3H3,(H2,25,27)/b22-20+. The molecule has 33 heavy (non-hydrogen) atoms. The maximum absolute atomic E-state index is 13.0. The van der Waals surface area contributed by atoms with Gasteiger partial charge in [-0.1, -0.05) is 12.1 Å². The molecule has 3 rings (SSSR count). The molecule has 0 radical (unpaired) electrons. The molecule has 1 saturated heterocycles. The van der Waals surface area contributed by atoms with Gasteiger partial charge in [-0.15, -0.1) is 0 Å². The Morgan fingerprint density at radius 3 is 2.39 bits per heavy atom. The Hall–Kier alpha value is -3.85. The number of aliphatic hydroxyl groups is 1. The van der Waals surface area contributed by atoms with Crippen molar-refractivity contribution in [1.82, 2.24) is 4.90 Å². The molecule has 1 fully saturated rings. The molecule has 1 aliphatic heterocycles.